The second-order valence-corrected chi connectivity index (χ2v) is 10.8. The lowest BCUT2D eigenvalue weighted by molar-refractivity contribution is -0.110. The van der Waals surface area contributed by atoms with E-state index in [0.717, 1.165) is 0 Å². The molecule has 0 unspecified atom stereocenters. The van der Waals surface area contributed by atoms with Crippen molar-refractivity contribution in [1.29, 1.82) is 0 Å². The molecule has 2 heterocycles. The topological polar surface area (TPSA) is 141 Å². The predicted molar refractivity (Wildman–Crippen MR) is 140 cm³/mol. The molecule has 0 aliphatic rings. The summed E-state index contributed by atoms with van der Waals surface area (Å²) >= 11 is 1.22. The summed E-state index contributed by atoms with van der Waals surface area (Å²) in [5.41, 5.74) is 0.981. The highest BCUT2D eigenvalue weighted by Crippen LogP contribution is 2.26. The number of carbonyl (C=O) groups is 1. The number of nitrogens with zero attached hydrogens (tertiary/aromatic N) is 3. The van der Waals surface area contributed by atoms with Crippen molar-refractivity contribution in [2.24, 2.45) is 5.16 Å². The van der Waals surface area contributed by atoms with Gasteiger partial charge in [-0.3, -0.25) is 10.1 Å². The molecule has 13 heteroatoms. The molecule has 3 rings (SSSR count). The number of methoxy groups -OCH3 is 2. The maximum absolute atomic E-state index is 13.2. The first kappa shape index (κ1) is 27.5. The van der Waals surface area contributed by atoms with Crippen LogP contribution >= 0.6 is 11.3 Å². The molecule has 36 heavy (non-hydrogen) atoms. The molecule has 0 aliphatic carbocycles. The van der Waals surface area contributed by atoms with E-state index >= 15 is 0 Å². The van der Waals surface area contributed by atoms with Gasteiger partial charge in [0.1, 0.15) is 22.3 Å². The second kappa shape index (κ2) is 12.7. The summed E-state index contributed by atoms with van der Waals surface area (Å²) in [6.45, 7) is 2.37. The molecule has 194 valence electrons. The number of rotatable bonds is 13. The zero-order valence-corrected chi connectivity index (χ0v) is 22.1. The number of nitrogens with one attached hydrogen (secondary N) is 2. The average Bonchev–Trinajstić information content (AvgIpc) is 3.26. The summed E-state index contributed by atoms with van der Waals surface area (Å²) in [5.74, 6) is 0.0764. The predicted octanol–water partition coefficient (Wildman–Crippen LogP) is 2.94. The first-order valence-corrected chi connectivity index (χ1v) is 13.6. The van der Waals surface area contributed by atoms with Gasteiger partial charge in [-0.1, -0.05) is 28.6 Å². The summed E-state index contributed by atoms with van der Waals surface area (Å²) in [6.07, 6.45) is -0.0295. The Kier molecular flexibility index (Phi) is 9.70. The molecule has 2 aromatic heterocycles. The van der Waals surface area contributed by atoms with Crippen molar-refractivity contribution in [3.8, 4) is 0 Å². The maximum Gasteiger partial charge on any atom is 0.280 e. The minimum atomic E-state index is -3.49. The number of carbonyl (C=O) groups excluding carboxylic acids is 1. The fourth-order valence-electron chi connectivity index (χ4n) is 3.13. The van der Waals surface area contributed by atoms with Crippen LogP contribution in [0.1, 0.15) is 18.9 Å². The van der Waals surface area contributed by atoms with Gasteiger partial charge in [0.2, 0.25) is 0 Å². The van der Waals surface area contributed by atoms with E-state index in [1.807, 2.05) is 0 Å². The summed E-state index contributed by atoms with van der Waals surface area (Å²) in [4.78, 5) is 28.3. The number of oxime groups is 1. The number of fused-ring (bicyclic) bond motifs is 1. The van der Waals surface area contributed by atoms with E-state index in [4.69, 9.17) is 14.3 Å². The largest absolute Gasteiger partial charge is 0.390 e. The zero-order valence-electron chi connectivity index (χ0n) is 20.5. The molecular formula is C23H29N5O6S2. The van der Waals surface area contributed by atoms with Crippen LogP contribution in [0.2, 0.25) is 0 Å². The van der Waals surface area contributed by atoms with Crippen molar-refractivity contribution in [3.63, 3.8) is 0 Å². The smallest absolute Gasteiger partial charge is 0.280 e. The van der Waals surface area contributed by atoms with Gasteiger partial charge in [0.25, 0.3) is 5.91 Å². The van der Waals surface area contributed by atoms with Gasteiger partial charge in [0.05, 0.1) is 17.3 Å². The van der Waals surface area contributed by atoms with Crippen LogP contribution in [0.5, 0.6) is 0 Å². The van der Waals surface area contributed by atoms with E-state index in [1.54, 1.807) is 26.1 Å². The number of sulfone groups is 1. The Bertz CT molecular complexity index is 1310. The van der Waals surface area contributed by atoms with Crippen LogP contribution < -0.4 is 10.6 Å². The molecule has 2 N–H and O–H groups in total. The molecule has 0 aliphatic heterocycles. The third-order valence-electron chi connectivity index (χ3n) is 4.92. The molecule has 11 nitrogen and oxygen atoms in total. The van der Waals surface area contributed by atoms with Gasteiger partial charge in [0, 0.05) is 33.4 Å². The van der Waals surface area contributed by atoms with E-state index in [9.17, 15) is 13.2 Å². The first-order valence-electron chi connectivity index (χ1n) is 11.1. The van der Waals surface area contributed by atoms with Gasteiger partial charge in [-0.05, 0) is 37.6 Å². The standard InChI is InChI=1S/C23H29N5O6S2/c1-15(14-33-4)34-28-20(16-6-8-17(9-7-16)36(30,31)13-5-12-32-3)21(29)27-23-25-18-10-11-19(24-2)26-22(18)35-23/h6-11,15H,5,12-14H2,1-4H3,(H,24,26)(H,25,27,29)/t15-/m1/s1. The fourth-order valence-corrected chi connectivity index (χ4v) is 5.25. The van der Waals surface area contributed by atoms with Crippen molar-refractivity contribution in [1.82, 2.24) is 9.97 Å². The molecule has 0 fully saturated rings. The maximum atomic E-state index is 13.2. The van der Waals surface area contributed by atoms with Crippen LogP contribution in [-0.4, -0.2) is 76.3 Å². The Morgan fingerprint density at radius 3 is 2.53 bits per heavy atom. The van der Waals surface area contributed by atoms with Gasteiger partial charge in [-0.15, -0.1) is 0 Å². The number of hydrogen-bond acceptors (Lipinski definition) is 11. The van der Waals surface area contributed by atoms with E-state index in [1.165, 1.54) is 49.8 Å². The van der Waals surface area contributed by atoms with Crippen molar-refractivity contribution in [2.75, 3.05) is 50.9 Å². The van der Waals surface area contributed by atoms with Crippen molar-refractivity contribution in [2.45, 2.75) is 24.3 Å². The number of thiazole rings is 1. The molecule has 0 saturated heterocycles. The Balaban J connectivity index is 1.85. The molecule has 0 spiro atoms. The van der Waals surface area contributed by atoms with E-state index in [-0.39, 0.29) is 23.0 Å². The highest BCUT2D eigenvalue weighted by molar-refractivity contribution is 7.91. The Labute approximate surface area is 213 Å². The molecule has 1 atom stereocenters. The van der Waals surface area contributed by atoms with Gasteiger partial charge in [-0.2, -0.15) is 0 Å². The Morgan fingerprint density at radius 2 is 1.86 bits per heavy atom. The number of anilines is 2. The molecule has 0 saturated carbocycles. The highest BCUT2D eigenvalue weighted by atomic mass is 32.2. The van der Waals surface area contributed by atoms with Crippen LogP contribution in [0.3, 0.4) is 0 Å². The molecule has 1 amide bonds. The number of aromatic nitrogens is 2. The normalized spacial score (nSPS) is 12.9. The summed E-state index contributed by atoms with van der Waals surface area (Å²) in [6, 6.07) is 9.52. The zero-order chi connectivity index (χ0) is 26.1. The molecule has 3 aromatic rings. The second-order valence-electron chi connectivity index (χ2n) is 7.74. The number of amides is 1. The monoisotopic (exact) mass is 535 g/mol. The Hall–Kier alpha value is -3.13. The highest BCUT2D eigenvalue weighted by Gasteiger charge is 2.20. The third-order valence-corrected chi connectivity index (χ3v) is 7.62. The fraction of sp³-hybridized carbons (Fsp3) is 0.391. The Morgan fingerprint density at radius 1 is 1.11 bits per heavy atom. The van der Waals surface area contributed by atoms with Crippen molar-refractivity contribution in [3.05, 3.63) is 42.0 Å². The van der Waals surface area contributed by atoms with Crippen LogP contribution in [-0.2, 0) is 28.9 Å². The van der Waals surface area contributed by atoms with Gasteiger partial charge in [0.15, 0.2) is 20.7 Å². The number of pyridine rings is 1. The quantitative estimate of drug-likeness (QED) is 0.192. The van der Waals surface area contributed by atoms with Crippen LogP contribution in [0, 0.1) is 0 Å². The van der Waals surface area contributed by atoms with Gasteiger partial charge in [-0.25, -0.2) is 18.4 Å². The molecule has 1 aromatic carbocycles. The van der Waals surface area contributed by atoms with Crippen molar-refractivity contribution < 1.29 is 27.5 Å². The van der Waals surface area contributed by atoms with E-state index in [0.29, 0.717) is 39.9 Å². The minimum Gasteiger partial charge on any atom is -0.390 e. The summed E-state index contributed by atoms with van der Waals surface area (Å²) in [5, 5.41) is 10.1. The first-order chi connectivity index (χ1) is 17.3. The van der Waals surface area contributed by atoms with Gasteiger partial charge < -0.3 is 19.6 Å². The van der Waals surface area contributed by atoms with Crippen molar-refractivity contribution >= 4 is 54.1 Å². The lowest BCUT2D eigenvalue weighted by Gasteiger charge is -2.11. The molecule has 0 radical (unpaired) electrons. The lowest BCUT2D eigenvalue weighted by atomic mass is 10.1. The van der Waals surface area contributed by atoms with Gasteiger partial charge >= 0.3 is 0 Å². The minimum absolute atomic E-state index is 0.0376. The van der Waals surface area contributed by atoms with Crippen LogP contribution in [0.25, 0.3) is 10.3 Å². The number of hydrogen-bond donors (Lipinski definition) is 2. The number of ether oxygens (including phenoxy) is 2. The van der Waals surface area contributed by atoms with Crippen LogP contribution in [0.4, 0.5) is 10.9 Å². The lowest BCUT2D eigenvalue weighted by Crippen LogP contribution is -2.25. The number of benzene rings is 1. The third kappa shape index (κ3) is 7.20. The SMILES string of the molecule is CNc1ccc2nc(NC(=O)C(=NO[C@H](C)COC)c3ccc(S(=O)(=O)CCCOC)cc3)sc2n1. The van der Waals surface area contributed by atoms with E-state index < -0.39 is 21.8 Å². The van der Waals surface area contributed by atoms with Crippen LogP contribution in [0.15, 0.2) is 46.4 Å². The average molecular weight is 536 g/mol. The molecular weight excluding hydrogens is 506 g/mol. The summed E-state index contributed by atoms with van der Waals surface area (Å²) in [7, 11) is 1.33. The molecule has 0 bridgehead atoms. The van der Waals surface area contributed by atoms with E-state index in [2.05, 4.69) is 25.8 Å². The summed E-state index contributed by atoms with van der Waals surface area (Å²) < 4.78 is 35.1.